The fraction of sp³-hybridized carbons (Fsp3) is 1.00. The second-order valence-electron chi connectivity index (χ2n) is 9.42. The lowest BCUT2D eigenvalue weighted by Crippen LogP contribution is -2.31. The maximum absolute atomic E-state index is 2.47. The summed E-state index contributed by atoms with van der Waals surface area (Å²) in [6.07, 6.45) is 25.6. The molecule has 2 fully saturated rings. The SMILES string of the molecule is CCCCCC[C@]1(CC)CC[C@@H](C2CCC(CCCC)CC2)CC1. The van der Waals surface area contributed by atoms with Gasteiger partial charge < -0.3 is 0 Å². The molecule has 0 atom stereocenters. The summed E-state index contributed by atoms with van der Waals surface area (Å²) in [6, 6.07) is 0. The summed E-state index contributed by atoms with van der Waals surface area (Å²) in [4.78, 5) is 0. The average molecular weight is 335 g/mol. The van der Waals surface area contributed by atoms with Crippen molar-refractivity contribution in [3.05, 3.63) is 0 Å². The van der Waals surface area contributed by atoms with Crippen LogP contribution in [0.4, 0.5) is 0 Å². The van der Waals surface area contributed by atoms with Crippen LogP contribution in [0, 0.1) is 23.2 Å². The van der Waals surface area contributed by atoms with E-state index < -0.39 is 0 Å². The van der Waals surface area contributed by atoms with Gasteiger partial charge in [0.15, 0.2) is 0 Å². The van der Waals surface area contributed by atoms with E-state index in [1.807, 2.05) is 0 Å². The van der Waals surface area contributed by atoms with Gasteiger partial charge in [0.05, 0.1) is 0 Å². The molecule has 0 spiro atoms. The summed E-state index contributed by atoms with van der Waals surface area (Å²) in [5.41, 5.74) is 0.739. The maximum atomic E-state index is 2.47. The Bertz CT molecular complexity index is 302. The highest BCUT2D eigenvalue weighted by Crippen LogP contribution is 2.49. The van der Waals surface area contributed by atoms with Crippen LogP contribution in [0.2, 0.25) is 0 Å². The van der Waals surface area contributed by atoms with E-state index in [0.29, 0.717) is 0 Å². The molecule has 0 aromatic rings. The molecule has 142 valence electrons. The predicted molar refractivity (Wildman–Crippen MR) is 108 cm³/mol. The number of hydrogen-bond acceptors (Lipinski definition) is 0. The lowest BCUT2D eigenvalue weighted by molar-refractivity contribution is 0.0797. The standard InChI is InChI=1S/C24H46/c1-4-7-9-10-18-24(6-3)19-16-23(17-20-24)22-14-12-21(13-15-22)11-8-5-2/h21-23H,4-20H2,1-3H3/t21?,22?,23-,24-. The van der Waals surface area contributed by atoms with E-state index >= 15 is 0 Å². The monoisotopic (exact) mass is 334 g/mol. The summed E-state index contributed by atoms with van der Waals surface area (Å²) in [7, 11) is 0. The molecule has 2 aliphatic carbocycles. The van der Waals surface area contributed by atoms with Crippen LogP contribution >= 0.6 is 0 Å². The minimum atomic E-state index is 0.739. The van der Waals surface area contributed by atoms with Crippen LogP contribution in [0.25, 0.3) is 0 Å². The van der Waals surface area contributed by atoms with Crippen LogP contribution in [0.15, 0.2) is 0 Å². The largest absolute Gasteiger partial charge is 0.0654 e. The summed E-state index contributed by atoms with van der Waals surface area (Å²) >= 11 is 0. The zero-order chi connectivity index (χ0) is 17.3. The van der Waals surface area contributed by atoms with Crippen molar-refractivity contribution in [1.82, 2.24) is 0 Å². The van der Waals surface area contributed by atoms with Crippen molar-refractivity contribution in [3.63, 3.8) is 0 Å². The van der Waals surface area contributed by atoms with Gasteiger partial charge in [-0.1, -0.05) is 85.0 Å². The molecule has 0 radical (unpaired) electrons. The topological polar surface area (TPSA) is 0 Å². The number of hydrogen-bond donors (Lipinski definition) is 0. The molecule has 2 rings (SSSR count). The van der Waals surface area contributed by atoms with Gasteiger partial charge in [-0.2, -0.15) is 0 Å². The van der Waals surface area contributed by atoms with Crippen molar-refractivity contribution in [2.45, 2.75) is 130 Å². The molecule has 0 heteroatoms. The smallest absolute Gasteiger partial charge is 0.0300 e. The van der Waals surface area contributed by atoms with Crippen LogP contribution in [-0.2, 0) is 0 Å². The zero-order valence-electron chi connectivity index (χ0n) is 17.3. The third kappa shape index (κ3) is 6.06. The van der Waals surface area contributed by atoms with Crippen molar-refractivity contribution in [2.24, 2.45) is 23.2 Å². The van der Waals surface area contributed by atoms with Crippen molar-refractivity contribution in [1.29, 1.82) is 0 Å². The lowest BCUT2D eigenvalue weighted by atomic mass is 9.62. The lowest BCUT2D eigenvalue weighted by Gasteiger charge is -2.44. The van der Waals surface area contributed by atoms with Crippen molar-refractivity contribution in [3.8, 4) is 0 Å². The molecule has 0 saturated heterocycles. The van der Waals surface area contributed by atoms with E-state index in [9.17, 15) is 0 Å². The molecule has 0 nitrogen and oxygen atoms in total. The number of unbranched alkanes of at least 4 members (excludes halogenated alkanes) is 4. The van der Waals surface area contributed by atoms with Crippen molar-refractivity contribution >= 4 is 0 Å². The van der Waals surface area contributed by atoms with E-state index in [1.165, 1.54) is 57.8 Å². The number of rotatable bonds is 10. The van der Waals surface area contributed by atoms with Gasteiger partial charge in [0.25, 0.3) is 0 Å². The molecule has 0 amide bonds. The predicted octanol–water partition coefficient (Wildman–Crippen LogP) is 8.54. The molecule has 0 heterocycles. The van der Waals surface area contributed by atoms with E-state index in [0.717, 1.165) is 23.2 Å². The van der Waals surface area contributed by atoms with Crippen LogP contribution < -0.4 is 0 Å². The van der Waals surface area contributed by atoms with Gasteiger partial charge in [0.2, 0.25) is 0 Å². The maximum Gasteiger partial charge on any atom is -0.0300 e. The Morgan fingerprint density at radius 3 is 1.88 bits per heavy atom. The minimum Gasteiger partial charge on any atom is -0.0654 e. The fourth-order valence-corrected chi connectivity index (χ4v) is 5.87. The van der Waals surface area contributed by atoms with Gasteiger partial charge in [-0.25, -0.2) is 0 Å². The minimum absolute atomic E-state index is 0.739. The Labute approximate surface area is 153 Å². The van der Waals surface area contributed by atoms with Gasteiger partial charge >= 0.3 is 0 Å². The first-order valence-electron chi connectivity index (χ1n) is 11.7. The molecule has 0 aromatic carbocycles. The molecule has 0 aromatic heterocycles. The highest BCUT2D eigenvalue weighted by atomic mass is 14.4. The molecule has 0 N–H and O–H groups in total. The fourth-order valence-electron chi connectivity index (χ4n) is 5.87. The molecule has 2 aliphatic rings. The van der Waals surface area contributed by atoms with Crippen LogP contribution in [0.1, 0.15) is 130 Å². The molecular weight excluding hydrogens is 288 g/mol. The molecule has 24 heavy (non-hydrogen) atoms. The summed E-state index contributed by atoms with van der Waals surface area (Å²) in [6.45, 7) is 7.15. The third-order valence-electron chi connectivity index (χ3n) is 7.93. The van der Waals surface area contributed by atoms with Gasteiger partial charge in [0, 0.05) is 0 Å². The summed E-state index contributed by atoms with van der Waals surface area (Å²) in [5, 5.41) is 0. The van der Waals surface area contributed by atoms with Crippen LogP contribution in [0.5, 0.6) is 0 Å². The van der Waals surface area contributed by atoms with Gasteiger partial charge in [-0.05, 0) is 68.1 Å². The van der Waals surface area contributed by atoms with E-state index in [2.05, 4.69) is 20.8 Å². The molecular formula is C24H46. The first kappa shape index (κ1) is 20.3. The highest BCUT2D eigenvalue weighted by molar-refractivity contribution is 4.88. The van der Waals surface area contributed by atoms with Gasteiger partial charge in [-0.15, -0.1) is 0 Å². The highest BCUT2D eigenvalue weighted by Gasteiger charge is 2.36. The molecule has 0 unspecified atom stereocenters. The Balaban J connectivity index is 1.70. The Morgan fingerprint density at radius 1 is 0.667 bits per heavy atom. The van der Waals surface area contributed by atoms with Crippen molar-refractivity contribution in [2.75, 3.05) is 0 Å². The summed E-state index contributed by atoms with van der Waals surface area (Å²) < 4.78 is 0. The van der Waals surface area contributed by atoms with Crippen molar-refractivity contribution < 1.29 is 0 Å². The second-order valence-corrected chi connectivity index (χ2v) is 9.42. The van der Waals surface area contributed by atoms with E-state index in [4.69, 9.17) is 0 Å². The first-order chi connectivity index (χ1) is 11.7. The van der Waals surface area contributed by atoms with Gasteiger partial charge in [0.1, 0.15) is 0 Å². The Hall–Kier alpha value is 0. The summed E-state index contributed by atoms with van der Waals surface area (Å²) in [5.74, 6) is 3.27. The normalized spacial score (nSPS) is 34.4. The first-order valence-corrected chi connectivity index (χ1v) is 11.7. The average Bonchev–Trinajstić information content (AvgIpc) is 2.64. The molecule has 0 bridgehead atoms. The van der Waals surface area contributed by atoms with Crippen LogP contribution in [-0.4, -0.2) is 0 Å². The molecule has 2 saturated carbocycles. The van der Waals surface area contributed by atoms with Gasteiger partial charge in [-0.3, -0.25) is 0 Å². The van der Waals surface area contributed by atoms with E-state index in [-0.39, 0.29) is 0 Å². The Kier molecular flexibility index (Phi) is 9.20. The van der Waals surface area contributed by atoms with Crippen LogP contribution in [0.3, 0.4) is 0 Å². The molecule has 0 aliphatic heterocycles. The van der Waals surface area contributed by atoms with E-state index in [1.54, 1.807) is 51.4 Å². The second kappa shape index (κ2) is 10.9. The quantitative estimate of drug-likeness (QED) is 0.351. The zero-order valence-corrected chi connectivity index (χ0v) is 17.3. The third-order valence-corrected chi connectivity index (χ3v) is 7.93. The Morgan fingerprint density at radius 2 is 1.29 bits per heavy atom.